The molecule has 0 aliphatic carbocycles. The summed E-state index contributed by atoms with van der Waals surface area (Å²) >= 11 is 12.8. The van der Waals surface area contributed by atoms with E-state index in [9.17, 15) is 9.59 Å². The highest BCUT2D eigenvalue weighted by Gasteiger charge is 2.15. The van der Waals surface area contributed by atoms with Crippen LogP contribution >= 0.6 is 63.7 Å². The van der Waals surface area contributed by atoms with Gasteiger partial charge in [0.05, 0.1) is 5.52 Å². The van der Waals surface area contributed by atoms with Crippen LogP contribution in [0.3, 0.4) is 0 Å². The Hall–Kier alpha value is -0.960. The van der Waals surface area contributed by atoms with Crippen LogP contribution in [0.15, 0.2) is 48.7 Å². The fourth-order valence-electron chi connectivity index (χ4n) is 2.36. The summed E-state index contributed by atoms with van der Waals surface area (Å²) in [6.07, 6.45) is 1.69. The number of aromatic nitrogens is 2. The predicted octanol–water partition coefficient (Wildman–Crippen LogP) is 5.89. The molecule has 0 aliphatic heterocycles. The number of alkyl halides is 4. The zero-order valence-corrected chi connectivity index (χ0v) is 19.3. The van der Waals surface area contributed by atoms with E-state index in [2.05, 4.69) is 73.7 Å². The molecule has 132 valence electrons. The molecule has 1 heterocycles. The lowest BCUT2D eigenvalue weighted by molar-refractivity contribution is 0.100. The van der Waals surface area contributed by atoms with E-state index in [0.29, 0.717) is 17.0 Å². The number of hydrogen-bond donors (Lipinski definition) is 0. The molecule has 8 heteroatoms. The van der Waals surface area contributed by atoms with E-state index < -0.39 is 7.47 Å². The Balaban J connectivity index is 1.93. The smallest absolute Gasteiger partial charge is 0.187 e. The van der Waals surface area contributed by atoms with Gasteiger partial charge in [-0.05, 0) is 18.2 Å². The number of nitrogens with zero attached hydrogens (tertiary/aromatic N) is 2. The highest BCUT2D eigenvalue weighted by molar-refractivity contribution is 9.25. The Morgan fingerprint density at radius 2 is 1.38 bits per heavy atom. The second-order valence-electron chi connectivity index (χ2n) is 5.37. The number of fused-ring (bicyclic) bond motifs is 1. The van der Waals surface area contributed by atoms with Crippen LogP contribution in [0.1, 0.15) is 20.7 Å². The molecule has 0 fully saturated rings. The van der Waals surface area contributed by atoms with E-state index in [-0.39, 0.29) is 11.6 Å². The maximum absolute atomic E-state index is 12.0. The summed E-state index contributed by atoms with van der Waals surface area (Å²) in [6, 6.07) is 12.4. The molecule has 0 radical (unpaired) electrons. The maximum atomic E-state index is 12.0. The third-order valence-corrected chi connectivity index (χ3v) is 5.35. The second kappa shape index (κ2) is 8.37. The van der Waals surface area contributed by atoms with Gasteiger partial charge in [-0.25, -0.2) is 9.97 Å². The van der Waals surface area contributed by atoms with Gasteiger partial charge in [0.1, 0.15) is 7.47 Å². The van der Waals surface area contributed by atoms with Crippen LogP contribution in [-0.2, 0) is 0 Å². The molecule has 0 N–H and O–H groups in total. The minimum atomic E-state index is -0.424. The van der Waals surface area contributed by atoms with Crippen molar-refractivity contribution < 1.29 is 9.59 Å². The van der Waals surface area contributed by atoms with E-state index in [1.165, 1.54) is 0 Å². The van der Waals surface area contributed by atoms with Gasteiger partial charge in [-0.3, -0.25) is 9.59 Å². The van der Waals surface area contributed by atoms with E-state index in [0.717, 1.165) is 16.5 Å². The van der Waals surface area contributed by atoms with Gasteiger partial charge >= 0.3 is 0 Å². The molecule has 3 aromatic rings. The molecule has 2 aromatic carbocycles. The minimum Gasteiger partial charge on any atom is -0.292 e. The highest BCUT2D eigenvalue weighted by atomic mass is 79.9. The highest BCUT2D eigenvalue weighted by Crippen LogP contribution is 2.23. The van der Waals surface area contributed by atoms with Crippen molar-refractivity contribution in [2.45, 2.75) is 7.47 Å². The van der Waals surface area contributed by atoms with Crippen LogP contribution in [0, 0.1) is 0 Å². The molecule has 0 unspecified atom stereocenters. The third kappa shape index (κ3) is 4.30. The van der Waals surface area contributed by atoms with Gasteiger partial charge in [0.25, 0.3) is 0 Å². The lowest BCUT2D eigenvalue weighted by Gasteiger charge is -2.06. The Morgan fingerprint density at radius 1 is 0.808 bits per heavy atom. The second-order valence-corrected chi connectivity index (χ2v) is 11.5. The Kier molecular flexibility index (Phi) is 6.37. The van der Waals surface area contributed by atoms with Crippen molar-refractivity contribution in [2.24, 2.45) is 0 Å². The van der Waals surface area contributed by atoms with Crippen molar-refractivity contribution in [3.8, 4) is 11.4 Å². The fourth-order valence-corrected chi connectivity index (χ4v) is 3.42. The van der Waals surface area contributed by atoms with Gasteiger partial charge in [0.2, 0.25) is 0 Å². The maximum Gasteiger partial charge on any atom is 0.187 e. The van der Waals surface area contributed by atoms with Crippen molar-refractivity contribution in [3.63, 3.8) is 0 Å². The number of Topliss-reactive ketones (excluding diaryl/α,β-unsaturated/α-hetero) is 2. The molecule has 4 nitrogen and oxygen atoms in total. The number of halogens is 4. The zero-order chi connectivity index (χ0) is 18.8. The SMILES string of the molecule is O=C(c1ccc(-c2ncc3cc(C(=O)C(Br)Br)ccc3n2)cc1)C(Br)Br. The Morgan fingerprint density at radius 3 is 2.00 bits per heavy atom. The summed E-state index contributed by atoms with van der Waals surface area (Å²) < 4.78 is -0.833. The molecule has 0 saturated heterocycles. The monoisotopic (exact) mass is 602 g/mol. The minimum absolute atomic E-state index is 0.0509. The van der Waals surface area contributed by atoms with Crippen LogP contribution in [0.25, 0.3) is 22.3 Å². The van der Waals surface area contributed by atoms with E-state index >= 15 is 0 Å². The molecule has 1 aromatic heterocycles. The van der Waals surface area contributed by atoms with E-state index in [4.69, 9.17) is 0 Å². The van der Waals surface area contributed by atoms with Crippen LogP contribution in [0.2, 0.25) is 0 Å². The number of hydrogen-bond acceptors (Lipinski definition) is 4. The average Bonchev–Trinajstić information content (AvgIpc) is 2.66. The number of carbonyl (C=O) groups excluding carboxylic acids is 2. The lowest BCUT2D eigenvalue weighted by Crippen LogP contribution is -2.07. The van der Waals surface area contributed by atoms with E-state index in [1.54, 1.807) is 36.5 Å². The molecule has 0 spiro atoms. The number of ketones is 2. The topological polar surface area (TPSA) is 59.9 Å². The normalized spacial score (nSPS) is 11.3. The summed E-state index contributed by atoms with van der Waals surface area (Å²) in [5.74, 6) is 0.446. The van der Waals surface area contributed by atoms with Crippen LogP contribution in [0.4, 0.5) is 0 Å². The summed E-state index contributed by atoms with van der Waals surface area (Å²) in [5, 5.41) is 0.786. The quantitative estimate of drug-likeness (QED) is 0.269. The lowest BCUT2D eigenvalue weighted by atomic mass is 10.1. The summed E-state index contributed by atoms with van der Waals surface area (Å²) in [5.41, 5.74) is 2.73. The molecule has 0 amide bonds. The van der Waals surface area contributed by atoms with Gasteiger partial charge in [0.15, 0.2) is 17.4 Å². The zero-order valence-electron chi connectivity index (χ0n) is 13.0. The van der Waals surface area contributed by atoms with Gasteiger partial charge in [-0.2, -0.15) is 0 Å². The Bertz CT molecular complexity index is 988. The van der Waals surface area contributed by atoms with Crippen LogP contribution in [-0.4, -0.2) is 29.0 Å². The number of benzene rings is 2. The summed E-state index contributed by atoms with van der Waals surface area (Å²) in [7, 11) is 0. The van der Waals surface area contributed by atoms with Gasteiger partial charge < -0.3 is 0 Å². The number of carbonyl (C=O) groups is 2. The largest absolute Gasteiger partial charge is 0.292 e. The number of rotatable bonds is 5. The first-order chi connectivity index (χ1) is 12.4. The van der Waals surface area contributed by atoms with Gasteiger partial charge in [-0.1, -0.05) is 88.0 Å². The third-order valence-electron chi connectivity index (χ3n) is 3.69. The van der Waals surface area contributed by atoms with Gasteiger partial charge in [0, 0.05) is 28.3 Å². The van der Waals surface area contributed by atoms with E-state index in [1.807, 2.05) is 12.1 Å². The molecule has 0 aliphatic rings. The summed E-state index contributed by atoms with van der Waals surface area (Å²) in [6.45, 7) is 0. The van der Waals surface area contributed by atoms with Crippen LogP contribution < -0.4 is 0 Å². The standard InChI is InChI=1S/C18H10Br4N2O2/c19-16(20)14(25)9-1-3-10(4-2-9)18-23-8-12-7-11(15(26)17(21)22)5-6-13(12)24-18/h1-8,16-17H. The molecule has 0 bridgehead atoms. The average molecular weight is 606 g/mol. The fraction of sp³-hybridized carbons (Fsp3) is 0.111. The molecule has 26 heavy (non-hydrogen) atoms. The first-order valence-electron chi connectivity index (χ1n) is 7.39. The van der Waals surface area contributed by atoms with Crippen molar-refractivity contribution in [2.75, 3.05) is 0 Å². The molecule has 0 atom stereocenters. The van der Waals surface area contributed by atoms with Crippen molar-refractivity contribution >= 4 is 86.2 Å². The first kappa shape index (κ1) is 19.8. The molecule has 3 rings (SSSR count). The van der Waals surface area contributed by atoms with Crippen molar-refractivity contribution in [1.82, 2.24) is 9.97 Å². The summed E-state index contributed by atoms with van der Waals surface area (Å²) in [4.78, 5) is 32.9. The first-order valence-corrected chi connectivity index (χ1v) is 11.0. The van der Waals surface area contributed by atoms with Crippen molar-refractivity contribution in [1.29, 1.82) is 0 Å². The van der Waals surface area contributed by atoms with Crippen molar-refractivity contribution in [3.05, 3.63) is 59.8 Å². The molecule has 0 saturated carbocycles. The predicted molar refractivity (Wildman–Crippen MR) is 117 cm³/mol. The molecular formula is C18H10Br4N2O2. The van der Waals surface area contributed by atoms with Gasteiger partial charge in [-0.15, -0.1) is 0 Å². The Labute approximate surface area is 183 Å². The molecular weight excluding hydrogens is 596 g/mol. The van der Waals surface area contributed by atoms with Crippen LogP contribution in [0.5, 0.6) is 0 Å².